The number of methoxy groups -OCH3 is 4. The van der Waals surface area contributed by atoms with E-state index in [1.54, 1.807) is 28.4 Å². The predicted octanol–water partition coefficient (Wildman–Crippen LogP) is 4.03. The molecule has 0 fully saturated rings. The lowest BCUT2D eigenvalue weighted by atomic mass is 9.82. The molecule has 0 radical (unpaired) electrons. The maximum Gasteiger partial charge on any atom is 0.161 e. The first kappa shape index (κ1) is 15.5. The highest BCUT2D eigenvalue weighted by atomic mass is 16.5. The minimum atomic E-state index is -0.149. The van der Waals surface area contributed by atoms with Gasteiger partial charge in [0.05, 0.1) is 28.4 Å². The van der Waals surface area contributed by atoms with Gasteiger partial charge in [-0.2, -0.15) is 0 Å². The van der Waals surface area contributed by atoms with Crippen molar-refractivity contribution < 1.29 is 18.9 Å². The third kappa shape index (κ3) is 2.12. The molecule has 0 heterocycles. The molecule has 2 aromatic rings. The van der Waals surface area contributed by atoms with Crippen molar-refractivity contribution in [3.8, 4) is 34.1 Å². The molecule has 4 nitrogen and oxygen atoms in total. The summed E-state index contributed by atoms with van der Waals surface area (Å²) in [5, 5.41) is 0. The number of fused-ring (bicyclic) bond motifs is 3. The molecule has 23 heavy (non-hydrogen) atoms. The molecule has 0 unspecified atom stereocenters. The Bertz CT molecular complexity index is 699. The molecule has 1 aliphatic rings. The summed E-state index contributed by atoms with van der Waals surface area (Å²) in [7, 11) is 6.62. The Morgan fingerprint density at radius 3 is 1.17 bits per heavy atom. The fourth-order valence-corrected chi connectivity index (χ4v) is 3.38. The molecule has 2 aromatic carbocycles. The van der Waals surface area contributed by atoms with Crippen LogP contribution >= 0.6 is 0 Å². The zero-order valence-corrected chi connectivity index (χ0v) is 14.4. The minimum absolute atomic E-state index is 0.149. The highest BCUT2D eigenvalue weighted by Gasteiger charge is 2.38. The molecule has 3 rings (SSSR count). The largest absolute Gasteiger partial charge is 0.493 e. The van der Waals surface area contributed by atoms with E-state index < -0.39 is 0 Å². The molecule has 0 saturated heterocycles. The monoisotopic (exact) mass is 314 g/mol. The van der Waals surface area contributed by atoms with Crippen LogP contribution in [-0.4, -0.2) is 28.4 Å². The molecule has 0 spiro atoms. The van der Waals surface area contributed by atoms with Crippen molar-refractivity contribution >= 4 is 0 Å². The molecule has 0 aliphatic heterocycles. The maximum atomic E-state index is 5.47. The van der Waals surface area contributed by atoms with Crippen molar-refractivity contribution in [2.75, 3.05) is 28.4 Å². The lowest BCUT2D eigenvalue weighted by Gasteiger charge is -2.23. The highest BCUT2D eigenvalue weighted by molar-refractivity contribution is 5.84. The predicted molar refractivity (Wildman–Crippen MR) is 90.2 cm³/mol. The Kier molecular flexibility index (Phi) is 3.63. The van der Waals surface area contributed by atoms with Crippen molar-refractivity contribution in [3.63, 3.8) is 0 Å². The van der Waals surface area contributed by atoms with Crippen LogP contribution in [0.3, 0.4) is 0 Å². The van der Waals surface area contributed by atoms with Crippen molar-refractivity contribution in [2.45, 2.75) is 19.3 Å². The average Bonchev–Trinajstić information content (AvgIpc) is 2.79. The molecule has 1 aliphatic carbocycles. The Hall–Kier alpha value is -2.36. The van der Waals surface area contributed by atoms with Gasteiger partial charge in [-0.3, -0.25) is 0 Å². The van der Waals surface area contributed by atoms with E-state index >= 15 is 0 Å². The molecule has 122 valence electrons. The van der Waals surface area contributed by atoms with Crippen LogP contribution in [0.25, 0.3) is 11.1 Å². The van der Waals surface area contributed by atoms with Crippen LogP contribution in [0.2, 0.25) is 0 Å². The Morgan fingerprint density at radius 1 is 0.565 bits per heavy atom. The van der Waals surface area contributed by atoms with E-state index in [9.17, 15) is 0 Å². The van der Waals surface area contributed by atoms with Gasteiger partial charge in [-0.25, -0.2) is 0 Å². The van der Waals surface area contributed by atoms with Gasteiger partial charge in [0.1, 0.15) is 0 Å². The Balaban J connectivity index is 2.31. The van der Waals surface area contributed by atoms with Crippen molar-refractivity contribution in [1.82, 2.24) is 0 Å². The molecule has 0 N–H and O–H groups in total. The lowest BCUT2D eigenvalue weighted by molar-refractivity contribution is 0.354. The third-order valence-corrected chi connectivity index (χ3v) is 4.68. The Morgan fingerprint density at radius 2 is 0.870 bits per heavy atom. The van der Waals surface area contributed by atoms with E-state index in [-0.39, 0.29) is 5.41 Å². The first-order valence-corrected chi connectivity index (χ1v) is 7.51. The molecular weight excluding hydrogens is 292 g/mol. The summed E-state index contributed by atoms with van der Waals surface area (Å²) in [6.45, 7) is 4.41. The van der Waals surface area contributed by atoms with Crippen LogP contribution in [0, 0.1) is 0 Å². The smallest absolute Gasteiger partial charge is 0.161 e. The van der Waals surface area contributed by atoms with Gasteiger partial charge in [0.25, 0.3) is 0 Å². The maximum absolute atomic E-state index is 5.47. The zero-order valence-electron chi connectivity index (χ0n) is 14.4. The summed E-state index contributed by atoms with van der Waals surface area (Å²) in [6.07, 6.45) is 0. The van der Waals surface area contributed by atoms with Gasteiger partial charge in [-0.1, -0.05) is 13.8 Å². The summed E-state index contributed by atoms with van der Waals surface area (Å²) >= 11 is 0. The van der Waals surface area contributed by atoms with Gasteiger partial charge in [0, 0.05) is 5.41 Å². The number of benzene rings is 2. The summed E-state index contributed by atoms with van der Waals surface area (Å²) in [4.78, 5) is 0. The van der Waals surface area contributed by atoms with E-state index in [0.717, 1.165) is 34.1 Å². The molecule has 0 atom stereocenters. The molecule has 0 amide bonds. The van der Waals surface area contributed by atoms with E-state index in [1.165, 1.54) is 11.1 Å². The topological polar surface area (TPSA) is 36.9 Å². The van der Waals surface area contributed by atoms with Gasteiger partial charge in [0.2, 0.25) is 0 Å². The SMILES string of the molecule is COc1cc2c(cc1OC)C(C)(C)c1cc(OC)c(OC)cc1-2. The van der Waals surface area contributed by atoms with Crippen LogP contribution in [0.15, 0.2) is 24.3 Å². The van der Waals surface area contributed by atoms with Crippen LogP contribution < -0.4 is 18.9 Å². The number of ether oxygens (including phenoxy) is 4. The second kappa shape index (κ2) is 5.37. The molecule has 0 bridgehead atoms. The summed E-state index contributed by atoms with van der Waals surface area (Å²) in [5.41, 5.74) is 4.55. The lowest BCUT2D eigenvalue weighted by Crippen LogP contribution is -2.15. The van der Waals surface area contributed by atoms with Gasteiger partial charge >= 0.3 is 0 Å². The highest BCUT2D eigenvalue weighted by Crippen LogP contribution is 2.54. The fourth-order valence-electron chi connectivity index (χ4n) is 3.38. The average molecular weight is 314 g/mol. The molecule has 0 aromatic heterocycles. The summed E-state index contributed by atoms with van der Waals surface area (Å²) < 4.78 is 21.9. The quantitative estimate of drug-likeness (QED) is 0.854. The van der Waals surface area contributed by atoms with E-state index in [0.29, 0.717) is 0 Å². The van der Waals surface area contributed by atoms with Crippen molar-refractivity contribution in [3.05, 3.63) is 35.4 Å². The number of hydrogen-bond donors (Lipinski definition) is 0. The van der Waals surface area contributed by atoms with Gasteiger partial charge < -0.3 is 18.9 Å². The van der Waals surface area contributed by atoms with Crippen LogP contribution in [-0.2, 0) is 5.41 Å². The van der Waals surface area contributed by atoms with Crippen LogP contribution in [0.1, 0.15) is 25.0 Å². The normalized spacial score (nSPS) is 14.0. The zero-order chi connectivity index (χ0) is 16.8. The summed E-state index contributed by atoms with van der Waals surface area (Å²) in [6, 6.07) is 8.20. The molecule has 0 saturated carbocycles. The van der Waals surface area contributed by atoms with Crippen molar-refractivity contribution in [1.29, 1.82) is 0 Å². The van der Waals surface area contributed by atoms with Gasteiger partial charge in [-0.15, -0.1) is 0 Å². The molecule has 4 heteroatoms. The number of rotatable bonds is 4. The fraction of sp³-hybridized carbons (Fsp3) is 0.368. The summed E-state index contributed by atoms with van der Waals surface area (Å²) in [5.74, 6) is 2.94. The number of hydrogen-bond acceptors (Lipinski definition) is 4. The van der Waals surface area contributed by atoms with E-state index in [4.69, 9.17) is 18.9 Å². The first-order valence-electron chi connectivity index (χ1n) is 7.51. The first-order chi connectivity index (χ1) is 11.0. The van der Waals surface area contributed by atoms with Crippen molar-refractivity contribution in [2.24, 2.45) is 0 Å². The van der Waals surface area contributed by atoms with Gasteiger partial charge in [-0.05, 0) is 46.5 Å². The van der Waals surface area contributed by atoms with Crippen LogP contribution in [0.4, 0.5) is 0 Å². The standard InChI is InChI=1S/C19H22O4/c1-19(2)13-9-17(22-5)15(20-3)7-11(13)12-8-16(21-4)18(23-6)10-14(12)19/h7-10H,1-6H3. The second-order valence-electron chi connectivity index (χ2n) is 6.13. The molecular formula is C19H22O4. The van der Waals surface area contributed by atoms with Gasteiger partial charge in [0.15, 0.2) is 23.0 Å². The van der Waals surface area contributed by atoms with Crippen LogP contribution in [0.5, 0.6) is 23.0 Å². The minimum Gasteiger partial charge on any atom is -0.493 e. The second-order valence-corrected chi connectivity index (χ2v) is 6.13. The van der Waals surface area contributed by atoms with E-state index in [2.05, 4.69) is 26.0 Å². The van der Waals surface area contributed by atoms with E-state index in [1.807, 2.05) is 12.1 Å². The Labute approximate surface area is 136 Å². The third-order valence-electron chi connectivity index (χ3n) is 4.68.